The van der Waals surface area contributed by atoms with E-state index in [4.69, 9.17) is 18.0 Å². The summed E-state index contributed by atoms with van der Waals surface area (Å²) in [5.41, 5.74) is 6.77. The number of aryl methyl sites for hydroxylation is 1. The predicted octanol–water partition coefficient (Wildman–Crippen LogP) is 1.95. The molecule has 1 atom stereocenters. The second kappa shape index (κ2) is 6.45. The van der Waals surface area contributed by atoms with Crippen molar-refractivity contribution in [1.29, 1.82) is 0 Å². The number of rotatable bonds is 6. The highest BCUT2D eigenvalue weighted by Gasteiger charge is 2.18. The van der Waals surface area contributed by atoms with Crippen LogP contribution >= 0.6 is 12.2 Å². The van der Waals surface area contributed by atoms with E-state index < -0.39 is 10.0 Å². The fraction of sp³-hybridized carbons (Fsp3) is 0.462. The Morgan fingerprint density at radius 2 is 2.11 bits per heavy atom. The second-order valence-electron chi connectivity index (χ2n) is 4.71. The van der Waals surface area contributed by atoms with Crippen molar-refractivity contribution in [2.24, 2.45) is 11.7 Å². The average molecular weight is 300 g/mol. The first-order valence-corrected chi connectivity index (χ1v) is 8.07. The van der Waals surface area contributed by atoms with Gasteiger partial charge in [0.2, 0.25) is 10.0 Å². The van der Waals surface area contributed by atoms with Gasteiger partial charge in [0, 0.05) is 12.1 Å². The van der Waals surface area contributed by atoms with E-state index in [0.29, 0.717) is 23.6 Å². The van der Waals surface area contributed by atoms with Gasteiger partial charge >= 0.3 is 0 Å². The van der Waals surface area contributed by atoms with E-state index in [2.05, 4.69) is 4.72 Å². The summed E-state index contributed by atoms with van der Waals surface area (Å²) in [6.45, 7) is 6.20. The van der Waals surface area contributed by atoms with Crippen molar-refractivity contribution in [3.63, 3.8) is 0 Å². The molecule has 1 aromatic carbocycles. The lowest BCUT2D eigenvalue weighted by molar-refractivity contribution is 0.528. The smallest absolute Gasteiger partial charge is 0.240 e. The van der Waals surface area contributed by atoms with Crippen LogP contribution < -0.4 is 10.5 Å². The zero-order chi connectivity index (χ0) is 14.6. The van der Waals surface area contributed by atoms with Crippen LogP contribution in [0.25, 0.3) is 0 Å². The summed E-state index contributed by atoms with van der Waals surface area (Å²) in [7, 11) is -3.52. The second-order valence-corrected chi connectivity index (χ2v) is 6.89. The number of nitrogens with two attached hydrogens (primary N) is 1. The molecule has 0 aliphatic rings. The monoisotopic (exact) mass is 300 g/mol. The van der Waals surface area contributed by atoms with Gasteiger partial charge in [-0.3, -0.25) is 0 Å². The van der Waals surface area contributed by atoms with Crippen LogP contribution in [0.1, 0.15) is 31.4 Å². The zero-order valence-corrected chi connectivity index (χ0v) is 13.1. The van der Waals surface area contributed by atoms with Gasteiger partial charge in [-0.05, 0) is 24.5 Å². The largest absolute Gasteiger partial charge is 0.389 e. The lowest BCUT2D eigenvalue weighted by Gasteiger charge is -2.13. The van der Waals surface area contributed by atoms with E-state index >= 15 is 0 Å². The van der Waals surface area contributed by atoms with E-state index in [0.717, 1.165) is 6.42 Å². The van der Waals surface area contributed by atoms with E-state index in [9.17, 15) is 8.42 Å². The third-order valence-corrected chi connectivity index (χ3v) is 4.88. The van der Waals surface area contributed by atoms with Crippen LogP contribution in [0.3, 0.4) is 0 Å². The average Bonchev–Trinajstić information content (AvgIpc) is 2.36. The molecule has 19 heavy (non-hydrogen) atoms. The van der Waals surface area contributed by atoms with Crippen molar-refractivity contribution >= 4 is 27.2 Å². The van der Waals surface area contributed by atoms with Gasteiger partial charge in [0.15, 0.2) is 0 Å². The molecule has 4 nitrogen and oxygen atoms in total. The highest BCUT2D eigenvalue weighted by Crippen LogP contribution is 2.17. The maximum absolute atomic E-state index is 12.3. The lowest BCUT2D eigenvalue weighted by Crippen LogP contribution is -2.29. The Hall–Kier alpha value is -0.980. The Morgan fingerprint density at radius 1 is 1.47 bits per heavy atom. The van der Waals surface area contributed by atoms with Crippen molar-refractivity contribution in [3.05, 3.63) is 29.3 Å². The zero-order valence-electron chi connectivity index (χ0n) is 11.4. The molecule has 0 saturated carbocycles. The molecular formula is C13H20N2O2S2. The number of benzene rings is 1. The summed E-state index contributed by atoms with van der Waals surface area (Å²) in [4.78, 5) is 0.430. The first kappa shape index (κ1) is 16.1. The third kappa shape index (κ3) is 4.26. The first-order valence-electron chi connectivity index (χ1n) is 6.18. The summed E-state index contributed by atoms with van der Waals surface area (Å²) in [5.74, 6) is 0.300. The van der Waals surface area contributed by atoms with Gasteiger partial charge < -0.3 is 5.73 Å². The highest BCUT2D eigenvalue weighted by molar-refractivity contribution is 7.89. The Bertz CT molecular complexity index is 568. The molecule has 0 aromatic heterocycles. The van der Waals surface area contributed by atoms with Crippen LogP contribution in [0.5, 0.6) is 0 Å². The molecule has 0 saturated heterocycles. The summed E-state index contributed by atoms with van der Waals surface area (Å²) in [6.07, 6.45) is 0.925. The van der Waals surface area contributed by atoms with Crippen LogP contribution in [-0.2, 0) is 10.0 Å². The molecular weight excluding hydrogens is 280 g/mol. The molecule has 0 fully saturated rings. The Kier molecular flexibility index (Phi) is 5.46. The minimum Gasteiger partial charge on any atom is -0.389 e. The van der Waals surface area contributed by atoms with E-state index in [1.807, 2.05) is 13.8 Å². The lowest BCUT2D eigenvalue weighted by atomic mass is 10.1. The fourth-order valence-corrected chi connectivity index (χ4v) is 3.08. The SMILES string of the molecule is CCC(C)CNS(=O)(=O)c1cc(C(N)=S)ccc1C. The van der Waals surface area contributed by atoms with Gasteiger partial charge in [-0.1, -0.05) is 44.6 Å². The number of thiocarbonyl (C=S) groups is 1. The van der Waals surface area contributed by atoms with Crippen molar-refractivity contribution < 1.29 is 8.42 Å². The Labute approximate surface area is 120 Å². The summed E-state index contributed by atoms with van der Waals surface area (Å²) in [6, 6.07) is 4.97. The number of sulfonamides is 1. The minimum atomic E-state index is -3.52. The van der Waals surface area contributed by atoms with Gasteiger partial charge in [0.05, 0.1) is 4.90 Å². The molecule has 3 N–H and O–H groups in total. The minimum absolute atomic E-state index is 0.193. The van der Waals surface area contributed by atoms with Crippen LogP contribution in [0.4, 0.5) is 0 Å². The van der Waals surface area contributed by atoms with E-state index in [1.54, 1.807) is 19.1 Å². The van der Waals surface area contributed by atoms with Gasteiger partial charge in [-0.2, -0.15) is 0 Å². The topological polar surface area (TPSA) is 72.2 Å². The van der Waals surface area contributed by atoms with Gasteiger partial charge in [0.1, 0.15) is 4.99 Å². The van der Waals surface area contributed by atoms with Crippen LogP contribution in [0.15, 0.2) is 23.1 Å². The Morgan fingerprint density at radius 3 is 2.63 bits per heavy atom. The van der Waals surface area contributed by atoms with Crippen molar-refractivity contribution in [2.45, 2.75) is 32.1 Å². The third-order valence-electron chi connectivity index (χ3n) is 3.08. The fourth-order valence-electron chi connectivity index (χ4n) is 1.52. The normalized spacial score (nSPS) is 13.2. The molecule has 1 unspecified atom stereocenters. The number of nitrogens with one attached hydrogen (secondary N) is 1. The van der Waals surface area contributed by atoms with Crippen molar-refractivity contribution in [2.75, 3.05) is 6.54 Å². The number of hydrogen-bond acceptors (Lipinski definition) is 3. The first-order chi connectivity index (χ1) is 8.77. The van der Waals surface area contributed by atoms with Gasteiger partial charge in [-0.15, -0.1) is 0 Å². The van der Waals surface area contributed by atoms with Gasteiger partial charge in [-0.25, -0.2) is 13.1 Å². The molecule has 0 radical (unpaired) electrons. The molecule has 1 aromatic rings. The van der Waals surface area contributed by atoms with Crippen molar-refractivity contribution in [1.82, 2.24) is 4.72 Å². The van der Waals surface area contributed by atoms with Crippen molar-refractivity contribution in [3.8, 4) is 0 Å². The molecule has 6 heteroatoms. The Balaban J connectivity index is 3.06. The molecule has 0 aliphatic carbocycles. The number of hydrogen-bond donors (Lipinski definition) is 2. The molecule has 0 spiro atoms. The summed E-state index contributed by atoms with van der Waals surface area (Å²) in [5, 5.41) is 0. The molecule has 0 aliphatic heterocycles. The summed E-state index contributed by atoms with van der Waals surface area (Å²) < 4.78 is 27.1. The van der Waals surface area contributed by atoms with Crippen LogP contribution in [0.2, 0.25) is 0 Å². The quantitative estimate of drug-likeness (QED) is 0.788. The maximum atomic E-state index is 12.3. The van der Waals surface area contributed by atoms with Crippen LogP contribution in [0, 0.1) is 12.8 Å². The van der Waals surface area contributed by atoms with Gasteiger partial charge in [0.25, 0.3) is 0 Å². The highest BCUT2D eigenvalue weighted by atomic mass is 32.2. The van der Waals surface area contributed by atoms with Crippen LogP contribution in [-0.4, -0.2) is 20.0 Å². The van der Waals surface area contributed by atoms with E-state index in [-0.39, 0.29) is 9.88 Å². The van der Waals surface area contributed by atoms with E-state index in [1.165, 1.54) is 6.07 Å². The molecule has 0 amide bonds. The molecule has 106 valence electrons. The molecule has 0 heterocycles. The standard InChI is InChI=1S/C13H20N2O2S2/c1-4-9(2)8-15-19(16,17)12-7-11(13(14)18)6-5-10(12)3/h5-7,9,15H,4,8H2,1-3H3,(H2,14,18). The summed E-state index contributed by atoms with van der Waals surface area (Å²) >= 11 is 4.88. The predicted molar refractivity (Wildman–Crippen MR) is 81.7 cm³/mol. The molecule has 0 bridgehead atoms. The maximum Gasteiger partial charge on any atom is 0.240 e. The molecule has 1 rings (SSSR count).